The summed E-state index contributed by atoms with van der Waals surface area (Å²) in [5.74, 6) is -0.580. The van der Waals surface area contributed by atoms with Gasteiger partial charge in [0.1, 0.15) is 0 Å². The molecule has 0 aliphatic carbocycles. The summed E-state index contributed by atoms with van der Waals surface area (Å²) in [6.45, 7) is 1.91. The van der Waals surface area contributed by atoms with Crippen molar-refractivity contribution in [2.45, 2.75) is 25.2 Å². The zero-order valence-corrected chi connectivity index (χ0v) is 16.6. The van der Waals surface area contributed by atoms with Gasteiger partial charge < -0.3 is 10.0 Å². The van der Waals surface area contributed by atoms with Gasteiger partial charge >= 0.3 is 6.18 Å². The van der Waals surface area contributed by atoms with E-state index < -0.39 is 23.2 Å². The van der Waals surface area contributed by atoms with Crippen molar-refractivity contribution in [3.8, 4) is 0 Å². The van der Waals surface area contributed by atoms with Crippen molar-refractivity contribution < 1.29 is 23.1 Å². The van der Waals surface area contributed by atoms with Gasteiger partial charge in [-0.25, -0.2) is 0 Å². The summed E-state index contributed by atoms with van der Waals surface area (Å²) >= 11 is 6.13. The number of aliphatic hydroxyl groups is 1. The Morgan fingerprint density at radius 1 is 1.00 bits per heavy atom. The Morgan fingerprint density at radius 3 is 2.23 bits per heavy atom. The number of hydrogen-bond donors (Lipinski definition) is 1. The summed E-state index contributed by atoms with van der Waals surface area (Å²) < 4.78 is 38.5. The molecule has 30 heavy (non-hydrogen) atoms. The quantitative estimate of drug-likeness (QED) is 0.599. The van der Waals surface area contributed by atoms with E-state index in [2.05, 4.69) is 0 Å². The monoisotopic (exact) mass is 431 g/mol. The van der Waals surface area contributed by atoms with Gasteiger partial charge in [-0.1, -0.05) is 53.6 Å². The lowest BCUT2D eigenvalue weighted by molar-refractivity contribution is -0.137. The highest BCUT2D eigenvalue weighted by Crippen LogP contribution is 2.46. The third-order valence-corrected chi connectivity index (χ3v) is 5.52. The van der Waals surface area contributed by atoms with Crippen LogP contribution in [0.5, 0.6) is 0 Å². The van der Waals surface area contributed by atoms with Crippen molar-refractivity contribution in [3.05, 3.63) is 99.6 Å². The summed E-state index contributed by atoms with van der Waals surface area (Å²) in [7, 11) is 0. The normalized spacial score (nSPS) is 18.6. The molecule has 0 bridgehead atoms. The van der Waals surface area contributed by atoms with Crippen LogP contribution in [0.15, 0.2) is 66.7 Å². The molecular formula is C23H17ClF3NO2. The van der Waals surface area contributed by atoms with Gasteiger partial charge in [-0.05, 0) is 48.4 Å². The van der Waals surface area contributed by atoms with Gasteiger partial charge in [-0.15, -0.1) is 0 Å². The van der Waals surface area contributed by atoms with Gasteiger partial charge in [0.2, 0.25) is 0 Å². The van der Waals surface area contributed by atoms with Crippen molar-refractivity contribution in [3.63, 3.8) is 0 Å². The zero-order valence-electron chi connectivity index (χ0n) is 15.9. The van der Waals surface area contributed by atoms with Crippen molar-refractivity contribution in [1.82, 2.24) is 0 Å². The van der Waals surface area contributed by atoms with Crippen LogP contribution in [-0.2, 0) is 23.1 Å². The van der Waals surface area contributed by atoms with Crippen LogP contribution in [0.4, 0.5) is 18.9 Å². The second-order valence-electron chi connectivity index (χ2n) is 7.32. The van der Waals surface area contributed by atoms with E-state index in [9.17, 15) is 23.1 Å². The maximum absolute atomic E-state index is 13.4. The first-order chi connectivity index (χ1) is 14.1. The minimum atomic E-state index is -4.43. The highest BCUT2D eigenvalue weighted by Gasteiger charge is 2.51. The molecule has 1 N–H and O–H groups in total. The molecule has 0 fully saturated rings. The first-order valence-electron chi connectivity index (χ1n) is 9.18. The number of aryl methyl sites for hydroxylation is 1. The number of rotatable bonds is 3. The van der Waals surface area contributed by atoms with Gasteiger partial charge in [-0.2, -0.15) is 13.2 Å². The Labute approximate surface area is 176 Å². The summed E-state index contributed by atoms with van der Waals surface area (Å²) in [4.78, 5) is 14.7. The molecule has 0 radical (unpaired) electrons. The molecule has 0 aromatic heterocycles. The van der Waals surface area contributed by atoms with Gasteiger partial charge in [0.25, 0.3) is 5.91 Å². The third kappa shape index (κ3) is 3.36. The van der Waals surface area contributed by atoms with Crippen LogP contribution >= 0.6 is 11.6 Å². The molecule has 1 amide bonds. The van der Waals surface area contributed by atoms with Gasteiger partial charge in [-0.3, -0.25) is 4.79 Å². The SMILES string of the molecule is Cc1ccc([C@]2(O)C(=O)N(Cc3ccc(C(F)(F)F)cc3)c3ccc(Cl)cc32)cc1. The molecule has 0 saturated heterocycles. The highest BCUT2D eigenvalue weighted by atomic mass is 35.5. The molecule has 1 atom stereocenters. The number of halogens is 4. The van der Waals surface area contributed by atoms with Crippen LogP contribution in [0.3, 0.4) is 0 Å². The Bertz CT molecular complexity index is 1110. The number of benzene rings is 3. The van der Waals surface area contributed by atoms with Crippen molar-refractivity contribution >= 4 is 23.2 Å². The summed E-state index contributed by atoms with van der Waals surface area (Å²) in [5.41, 5.74) is -0.00650. The molecule has 1 heterocycles. The summed E-state index contributed by atoms with van der Waals surface area (Å²) in [6.07, 6.45) is -4.43. The zero-order chi connectivity index (χ0) is 21.7. The van der Waals surface area contributed by atoms with E-state index in [0.29, 0.717) is 27.4 Å². The predicted molar refractivity (Wildman–Crippen MR) is 108 cm³/mol. The second kappa shape index (κ2) is 7.15. The van der Waals surface area contributed by atoms with Crippen LogP contribution < -0.4 is 4.90 Å². The number of carbonyl (C=O) groups excluding carboxylic acids is 1. The average Bonchev–Trinajstić information content (AvgIpc) is 2.90. The number of hydrogen-bond acceptors (Lipinski definition) is 2. The van der Waals surface area contributed by atoms with E-state index in [4.69, 9.17) is 11.6 Å². The van der Waals surface area contributed by atoms with E-state index in [1.165, 1.54) is 17.0 Å². The highest BCUT2D eigenvalue weighted by molar-refractivity contribution is 6.31. The van der Waals surface area contributed by atoms with Gasteiger partial charge in [0.05, 0.1) is 17.8 Å². The van der Waals surface area contributed by atoms with Gasteiger partial charge in [0, 0.05) is 10.6 Å². The van der Waals surface area contributed by atoms with Crippen LogP contribution in [0.1, 0.15) is 27.8 Å². The maximum atomic E-state index is 13.4. The molecule has 7 heteroatoms. The topological polar surface area (TPSA) is 40.5 Å². The van der Waals surface area contributed by atoms with Crippen LogP contribution in [0.2, 0.25) is 5.02 Å². The molecule has 0 unspecified atom stereocenters. The molecule has 3 nitrogen and oxygen atoms in total. The second-order valence-corrected chi connectivity index (χ2v) is 7.76. The van der Waals surface area contributed by atoms with E-state index in [1.807, 2.05) is 6.92 Å². The Kier molecular flexibility index (Phi) is 4.87. The minimum Gasteiger partial charge on any atom is -0.372 e. The molecule has 1 aliphatic heterocycles. The van der Waals surface area contributed by atoms with E-state index >= 15 is 0 Å². The van der Waals surface area contributed by atoms with Crippen molar-refractivity contribution in [2.75, 3.05) is 4.90 Å². The number of fused-ring (bicyclic) bond motifs is 1. The molecule has 154 valence electrons. The molecule has 0 spiro atoms. The molecule has 0 saturated carbocycles. The number of nitrogens with zero attached hydrogens (tertiary/aromatic N) is 1. The summed E-state index contributed by atoms with van der Waals surface area (Å²) in [6, 6.07) is 16.3. The predicted octanol–water partition coefficient (Wildman–Crippen LogP) is 5.45. The smallest absolute Gasteiger partial charge is 0.372 e. The molecule has 3 aromatic carbocycles. The lowest BCUT2D eigenvalue weighted by Gasteiger charge is -2.24. The number of alkyl halides is 3. The standard InChI is InChI=1S/C23H17ClF3NO2/c1-14-2-6-16(7-3-14)22(30)19-12-18(24)10-11-20(19)28(21(22)29)13-15-4-8-17(9-5-15)23(25,26)27/h2-12,30H,13H2,1H3/t22-/m1/s1. The van der Waals surface area contributed by atoms with E-state index in [0.717, 1.165) is 17.7 Å². The first kappa shape index (κ1) is 20.4. The number of anilines is 1. The lowest BCUT2D eigenvalue weighted by atomic mass is 9.87. The fraction of sp³-hybridized carbons (Fsp3) is 0.174. The lowest BCUT2D eigenvalue weighted by Crippen LogP contribution is -2.40. The Hall–Kier alpha value is -2.83. The molecule has 3 aromatic rings. The molecular weight excluding hydrogens is 415 g/mol. The number of amides is 1. The number of carbonyl (C=O) groups is 1. The molecule has 4 rings (SSSR count). The Balaban J connectivity index is 1.75. The Morgan fingerprint density at radius 2 is 1.63 bits per heavy atom. The maximum Gasteiger partial charge on any atom is 0.416 e. The molecule has 1 aliphatic rings. The third-order valence-electron chi connectivity index (χ3n) is 5.29. The average molecular weight is 432 g/mol. The van der Waals surface area contributed by atoms with Crippen molar-refractivity contribution in [1.29, 1.82) is 0 Å². The van der Waals surface area contributed by atoms with E-state index in [1.54, 1.807) is 42.5 Å². The summed E-state index contributed by atoms with van der Waals surface area (Å²) in [5, 5.41) is 11.9. The minimum absolute atomic E-state index is 0.0137. The fourth-order valence-electron chi connectivity index (χ4n) is 3.67. The van der Waals surface area contributed by atoms with Gasteiger partial charge in [0.15, 0.2) is 5.60 Å². The van der Waals surface area contributed by atoms with Crippen LogP contribution in [0, 0.1) is 6.92 Å². The van der Waals surface area contributed by atoms with Crippen LogP contribution in [0.25, 0.3) is 0 Å². The van der Waals surface area contributed by atoms with Crippen molar-refractivity contribution in [2.24, 2.45) is 0 Å². The van der Waals surface area contributed by atoms with E-state index in [-0.39, 0.29) is 6.54 Å². The fourth-order valence-corrected chi connectivity index (χ4v) is 3.84. The first-order valence-corrected chi connectivity index (χ1v) is 9.56. The van der Waals surface area contributed by atoms with Crippen LogP contribution in [-0.4, -0.2) is 11.0 Å². The largest absolute Gasteiger partial charge is 0.416 e.